The first kappa shape index (κ1) is 15.4. The van der Waals surface area contributed by atoms with Crippen LogP contribution in [0.2, 0.25) is 0 Å². The van der Waals surface area contributed by atoms with Gasteiger partial charge in [0.2, 0.25) is 0 Å². The van der Waals surface area contributed by atoms with Gasteiger partial charge in [0.15, 0.2) is 0 Å². The van der Waals surface area contributed by atoms with Crippen LogP contribution in [0.15, 0.2) is 48.5 Å². The standard InChI is InChI=1S/C19H24O2/c1-3-15(17-8-12-19(21)13-9-17)5-4-14(2)16-6-10-18(20)11-7-16/h6-15,20-21H,3-5H2,1-2H3. The van der Waals surface area contributed by atoms with Gasteiger partial charge in [-0.1, -0.05) is 38.1 Å². The van der Waals surface area contributed by atoms with Crippen molar-refractivity contribution in [2.24, 2.45) is 0 Å². The van der Waals surface area contributed by atoms with Gasteiger partial charge in [-0.05, 0) is 66.5 Å². The maximum absolute atomic E-state index is 9.38. The number of hydrogen-bond donors (Lipinski definition) is 2. The molecule has 2 aromatic carbocycles. The fourth-order valence-electron chi connectivity index (χ4n) is 2.77. The van der Waals surface area contributed by atoms with E-state index in [9.17, 15) is 10.2 Å². The third kappa shape index (κ3) is 4.25. The molecule has 0 fully saturated rings. The summed E-state index contributed by atoms with van der Waals surface area (Å²) in [7, 11) is 0. The second-order valence-corrected chi connectivity index (χ2v) is 5.77. The Morgan fingerprint density at radius 3 is 1.71 bits per heavy atom. The SMILES string of the molecule is CCC(CCC(C)c1ccc(O)cc1)c1ccc(O)cc1. The molecule has 0 aliphatic carbocycles. The molecule has 2 unspecified atom stereocenters. The molecule has 112 valence electrons. The number of phenols is 2. The molecule has 2 nitrogen and oxygen atoms in total. The molecule has 2 atom stereocenters. The van der Waals surface area contributed by atoms with Crippen molar-refractivity contribution in [1.82, 2.24) is 0 Å². The van der Waals surface area contributed by atoms with Crippen LogP contribution in [0, 0.1) is 0 Å². The Morgan fingerprint density at radius 1 is 0.762 bits per heavy atom. The fraction of sp³-hybridized carbons (Fsp3) is 0.368. The average molecular weight is 284 g/mol. The predicted molar refractivity (Wildman–Crippen MR) is 86.9 cm³/mol. The Hall–Kier alpha value is -1.96. The minimum atomic E-state index is 0.321. The smallest absolute Gasteiger partial charge is 0.115 e. The highest BCUT2D eigenvalue weighted by Gasteiger charge is 2.13. The molecule has 2 rings (SSSR count). The van der Waals surface area contributed by atoms with E-state index in [4.69, 9.17) is 0 Å². The molecule has 0 heterocycles. The molecule has 0 amide bonds. The molecule has 21 heavy (non-hydrogen) atoms. The molecule has 0 bridgehead atoms. The minimum absolute atomic E-state index is 0.321. The van der Waals surface area contributed by atoms with Crippen molar-refractivity contribution < 1.29 is 10.2 Å². The third-order valence-electron chi connectivity index (χ3n) is 4.27. The number of phenolic OH excluding ortho intramolecular Hbond substituents is 2. The van der Waals surface area contributed by atoms with Gasteiger partial charge < -0.3 is 10.2 Å². The summed E-state index contributed by atoms with van der Waals surface area (Å²) in [5.74, 6) is 1.66. The lowest BCUT2D eigenvalue weighted by Gasteiger charge is -2.19. The summed E-state index contributed by atoms with van der Waals surface area (Å²) in [5.41, 5.74) is 2.57. The summed E-state index contributed by atoms with van der Waals surface area (Å²) in [4.78, 5) is 0. The molecule has 2 N–H and O–H groups in total. The quantitative estimate of drug-likeness (QED) is 0.767. The van der Waals surface area contributed by atoms with E-state index >= 15 is 0 Å². The van der Waals surface area contributed by atoms with Crippen LogP contribution in [-0.4, -0.2) is 10.2 Å². The van der Waals surface area contributed by atoms with E-state index in [0.29, 0.717) is 23.3 Å². The van der Waals surface area contributed by atoms with E-state index < -0.39 is 0 Å². The summed E-state index contributed by atoms with van der Waals surface area (Å²) in [6.45, 7) is 4.44. The van der Waals surface area contributed by atoms with Crippen molar-refractivity contribution in [3.05, 3.63) is 59.7 Å². The van der Waals surface area contributed by atoms with Crippen molar-refractivity contribution in [2.75, 3.05) is 0 Å². The second-order valence-electron chi connectivity index (χ2n) is 5.77. The maximum Gasteiger partial charge on any atom is 0.115 e. The highest BCUT2D eigenvalue weighted by molar-refractivity contribution is 5.29. The molecule has 0 aliphatic rings. The number of aromatic hydroxyl groups is 2. The van der Waals surface area contributed by atoms with Crippen molar-refractivity contribution in [3.8, 4) is 11.5 Å². The van der Waals surface area contributed by atoms with Gasteiger partial charge >= 0.3 is 0 Å². The van der Waals surface area contributed by atoms with Crippen LogP contribution < -0.4 is 0 Å². The molecule has 0 radical (unpaired) electrons. The summed E-state index contributed by atoms with van der Waals surface area (Å²) in [6.07, 6.45) is 3.35. The maximum atomic E-state index is 9.38. The van der Waals surface area contributed by atoms with Crippen molar-refractivity contribution in [1.29, 1.82) is 0 Å². The topological polar surface area (TPSA) is 40.5 Å². The zero-order valence-electron chi connectivity index (χ0n) is 12.8. The lowest BCUT2D eigenvalue weighted by molar-refractivity contribution is 0.473. The Balaban J connectivity index is 1.96. The predicted octanol–water partition coefficient (Wildman–Crippen LogP) is 5.18. The van der Waals surface area contributed by atoms with Gasteiger partial charge in [-0.15, -0.1) is 0 Å². The van der Waals surface area contributed by atoms with Crippen LogP contribution in [0.4, 0.5) is 0 Å². The van der Waals surface area contributed by atoms with E-state index in [1.807, 2.05) is 24.3 Å². The average Bonchev–Trinajstić information content (AvgIpc) is 2.50. The van der Waals surface area contributed by atoms with Gasteiger partial charge in [-0.2, -0.15) is 0 Å². The number of hydrogen-bond acceptors (Lipinski definition) is 2. The van der Waals surface area contributed by atoms with Gasteiger partial charge in [-0.3, -0.25) is 0 Å². The van der Waals surface area contributed by atoms with Crippen LogP contribution in [0.25, 0.3) is 0 Å². The Labute approximate surface area is 127 Å². The number of rotatable bonds is 6. The van der Waals surface area contributed by atoms with Crippen LogP contribution in [0.5, 0.6) is 11.5 Å². The molecule has 0 aromatic heterocycles. The molecule has 0 spiro atoms. The summed E-state index contributed by atoms with van der Waals surface area (Å²) < 4.78 is 0. The van der Waals surface area contributed by atoms with E-state index in [1.54, 1.807) is 24.3 Å². The summed E-state index contributed by atoms with van der Waals surface area (Å²) in [5, 5.41) is 18.7. The van der Waals surface area contributed by atoms with E-state index in [2.05, 4.69) is 13.8 Å². The Kier molecular flexibility index (Phi) is 5.26. The van der Waals surface area contributed by atoms with Crippen LogP contribution in [-0.2, 0) is 0 Å². The highest BCUT2D eigenvalue weighted by Crippen LogP contribution is 2.31. The van der Waals surface area contributed by atoms with Crippen LogP contribution in [0.3, 0.4) is 0 Å². The van der Waals surface area contributed by atoms with Gasteiger partial charge in [-0.25, -0.2) is 0 Å². The summed E-state index contributed by atoms with van der Waals surface area (Å²) >= 11 is 0. The molecular weight excluding hydrogens is 260 g/mol. The van der Waals surface area contributed by atoms with E-state index in [1.165, 1.54) is 11.1 Å². The molecule has 0 saturated heterocycles. The number of benzene rings is 2. The lowest BCUT2D eigenvalue weighted by atomic mass is 9.87. The van der Waals surface area contributed by atoms with Gasteiger partial charge in [0.05, 0.1) is 0 Å². The largest absolute Gasteiger partial charge is 0.508 e. The molecule has 0 saturated carbocycles. The normalized spacial score (nSPS) is 13.8. The Bertz CT molecular complexity index is 543. The molecule has 2 aromatic rings. The van der Waals surface area contributed by atoms with E-state index in [0.717, 1.165) is 19.3 Å². The Morgan fingerprint density at radius 2 is 1.24 bits per heavy atom. The minimum Gasteiger partial charge on any atom is -0.508 e. The fourth-order valence-corrected chi connectivity index (χ4v) is 2.77. The van der Waals surface area contributed by atoms with Gasteiger partial charge in [0.25, 0.3) is 0 Å². The monoisotopic (exact) mass is 284 g/mol. The van der Waals surface area contributed by atoms with Crippen LogP contribution in [0.1, 0.15) is 56.1 Å². The van der Waals surface area contributed by atoms with Crippen molar-refractivity contribution in [2.45, 2.75) is 44.9 Å². The van der Waals surface area contributed by atoms with Crippen molar-refractivity contribution >= 4 is 0 Å². The molecule has 2 heteroatoms. The first-order valence-electron chi connectivity index (χ1n) is 7.68. The van der Waals surface area contributed by atoms with E-state index in [-0.39, 0.29) is 0 Å². The zero-order valence-corrected chi connectivity index (χ0v) is 12.8. The first-order chi connectivity index (χ1) is 10.1. The molecular formula is C19H24O2. The van der Waals surface area contributed by atoms with Crippen LogP contribution >= 0.6 is 0 Å². The van der Waals surface area contributed by atoms with Crippen molar-refractivity contribution in [3.63, 3.8) is 0 Å². The first-order valence-corrected chi connectivity index (χ1v) is 7.68. The molecule has 0 aliphatic heterocycles. The van der Waals surface area contributed by atoms with Gasteiger partial charge in [0.1, 0.15) is 11.5 Å². The third-order valence-corrected chi connectivity index (χ3v) is 4.27. The van der Waals surface area contributed by atoms with Gasteiger partial charge in [0, 0.05) is 0 Å². The zero-order chi connectivity index (χ0) is 15.2. The highest BCUT2D eigenvalue weighted by atomic mass is 16.3. The lowest BCUT2D eigenvalue weighted by Crippen LogP contribution is -2.01. The second kappa shape index (κ2) is 7.16. The summed E-state index contributed by atoms with van der Waals surface area (Å²) in [6, 6.07) is 15.1.